The van der Waals surface area contributed by atoms with Crippen LogP contribution in [-0.2, 0) is 4.79 Å². The Morgan fingerprint density at radius 2 is 1.75 bits per heavy atom. The van der Waals surface area contributed by atoms with E-state index in [0.29, 0.717) is 5.91 Å². The van der Waals surface area contributed by atoms with E-state index in [1.54, 1.807) is 4.90 Å². The third-order valence-electron chi connectivity index (χ3n) is 2.52. The van der Waals surface area contributed by atoms with Crippen LogP contribution in [-0.4, -0.2) is 42.8 Å². The van der Waals surface area contributed by atoms with Gasteiger partial charge in [-0.2, -0.15) is 0 Å². The number of halogens is 2. The molecule has 2 aliphatic heterocycles. The van der Waals surface area contributed by atoms with Gasteiger partial charge in [0.05, 0.1) is 5.34 Å². The lowest BCUT2D eigenvalue weighted by Crippen LogP contribution is -2.21. The topological polar surface area (TPSA) is 32.3 Å². The molecule has 0 aromatic rings. The summed E-state index contributed by atoms with van der Waals surface area (Å²) >= 11 is 9.53. The lowest BCUT2D eigenvalue weighted by molar-refractivity contribution is -0.126. The number of nitrogens with zero attached hydrogens (tertiary/aromatic N) is 1. The number of hydrogen-bond donors (Lipinski definition) is 1. The molecule has 0 radical (unpaired) electrons. The van der Waals surface area contributed by atoms with Gasteiger partial charge >= 0.3 is 0 Å². The molecule has 2 rings (SSSR count). The quantitative estimate of drug-likeness (QED) is 0.685. The number of hydrogen-bond acceptors (Lipinski definition) is 2. The van der Waals surface area contributed by atoms with E-state index in [1.807, 2.05) is 7.05 Å². The summed E-state index contributed by atoms with van der Waals surface area (Å²) in [7, 11) is 1.84. The Bertz CT molecular complexity index is 164. The number of nitrogens with one attached hydrogen (secondary N) is 1. The molecule has 0 saturated carbocycles. The second-order valence-electron chi connectivity index (χ2n) is 3.83. The predicted molar refractivity (Wildman–Crippen MR) is 70.2 cm³/mol. The summed E-state index contributed by atoms with van der Waals surface area (Å²) in [5.74, 6) is 0.292. The van der Waals surface area contributed by atoms with Crippen molar-refractivity contribution in [2.75, 3.05) is 32.0 Å². The van der Waals surface area contributed by atoms with Crippen LogP contribution in [0.1, 0.15) is 32.1 Å². The van der Waals surface area contributed by atoms with Crippen molar-refractivity contribution in [2.45, 2.75) is 32.1 Å². The highest BCUT2D eigenvalue weighted by atomic mass is 35.5. The smallest absolute Gasteiger partial charge is 0.222 e. The molecule has 5 heteroatoms. The summed E-state index contributed by atoms with van der Waals surface area (Å²) in [5, 5.41) is 3.48. The fraction of sp³-hybridized carbons (Fsp3) is 0.909. The lowest BCUT2D eigenvalue weighted by atomic mass is 10.2. The maximum Gasteiger partial charge on any atom is 0.222 e. The van der Waals surface area contributed by atoms with Crippen LogP contribution in [0, 0.1) is 0 Å². The van der Waals surface area contributed by atoms with Crippen molar-refractivity contribution in [3.63, 3.8) is 0 Å². The molecule has 3 nitrogen and oxygen atoms in total. The molecule has 0 aromatic heterocycles. The van der Waals surface area contributed by atoms with Crippen LogP contribution in [0.25, 0.3) is 0 Å². The molecule has 1 amide bonds. The van der Waals surface area contributed by atoms with E-state index in [2.05, 4.69) is 5.32 Å². The zero-order valence-electron chi connectivity index (χ0n) is 9.98. The lowest BCUT2D eigenvalue weighted by Gasteiger charge is -2.08. The Morgan fingerprint density at radius 1 is 1.19 bits per heavy atom. The molecule has 2 aliphatic rings. The van der Waals surface area contributed by atoms with Gasteiger partial charge in [-0.25, -0.2) is 0 Å². The molecule has 0 aliphatic carbocycles. The van der Waals surface area contributed by atoms with E-state index in [-0.39, 0.29) is 5.34 Å². The SMILES string of the molecule is C1CCNCC1.CN1CCCC1=O.ClCCl. The summed E-state index contributed by atoms with van der Waals surface area (Å²) in [6.45, 7) is 3.46. The van der Waals surface area contributed by atoms with Gasteiger partial charge in [-0.3, -0.25) is 4.79 Å². The highest BCUT2D eigenvalue weighted by molar-refractivity contribution is 6.40. The number of likely N-dealkylation sites (tertiary alicyclic amines) is 1. The van der Waals surface area contributed by atoms with Gasteiger partial charge in [-0.05, 0) is 32.4 Å². The fourth-order valence-corrected chi connectivity index (χ4v) is 1.58. The third-order valence-corrected chi connectivity index (χ3v) is 2.52. The van der Waals surface area contributed by atoms with E-state index in [0.717, 1.165) is 19.4 Å². The standard InChI is InChI=1S/C5H9NO.C5H11N.CH2Cl2/c1-6-4-2-3-5(6)7;1-2-4-6-5-3-1;2-1-3/h2-4H2,1H3;6H,1-5H2;1H2. The maximum atomic E-state index is 10.5. The molecule has 0 atom stereocenters. The van der Waals surface area contributed by atoms with Crippen LogP contribution in [0.2, 0.25) is 0 Å². The van der Waals surface area contributed by atoms with E-state index < -0.39 is 0 Å². The molecule has 0 spiro atoms. The number of alkyl halides is 2. The monoisotopic (exact) mass is 268 g/mol. The van der Waals surface area contributed by atoms with Crippen molar-refractivity contribution in [2.24, 2.45) is 0 Å². The van der Waals surface area contributed by atoms with Crippen LogP contribution in [0.3, 0.4) is 0 Å². The minimum absolute atomic E-state index is 0.194. The number of piperidine rings is 1. The first kappa shape index (κ1) is 16.0. The van der Waals surface area contributed by atoms with E-state index in [4.69, 9.17) is 23.2 Å². The number of rotatable bonds is 0. The molecule has 2 fully saturated rings. The highest BCUT2D eigenvalue weighted by Gasteiger charge is 2.14. The Kier molecular flexibility index (Phi) is 11.5. The molecular weight excluding hydrogens is 247 g/mol. The summed E-state index contributed by atoms with van der Waals surface area (Å²) in [6.07, 6.45) is 6.03. The Balaban J connectivity index is 0.000000230. The van der Waals surface area contributed by atoms with Gasteiger partial charge in [-0.1, -0.05) is 6.42 Å². The van der Waals surface area contributed by atoms with Crippen molar-refractivity contribution >= 4 is 29.1 Å². The van der Waals surface area contributed by atoms with Crippen molar-refractivity contribution in [3.05, 3.63) is 0 Å². The first-order valence-electron chi connectivity index (χ1n) is 5.79. The van der Waals surface area contributed by atoms with Crippen molar-refractivity contribution in [3.8, 4) is 0 Å². The largest absolute Gasteiger partial charge is 0.346 e. The van der Waals surface area contributed by atoms with E-state index >= 15 is 0 Å². The zero-order chi connectivity index (χ0) is 12.2. The van der Waals surface area contributed by atoms with Crippen molar-refractivity contribution < 1.29 is 4.79 Å². The molecule has 16 heavy (non-hydrogen) atoms. The molecule has 1 N–H and O–H groups in total. The summed E-state index contributed by atoms with van der Waals surface area (Å²) in [6, 6.07) is 0. The normalized spacial score (nSPS) is 19.4. The summed E-state index contributed by atoms with van der Waals surface area (Å²) in [4.78, 5) is 12.3. The van der Waals surface area contributed by atoms with Gasteiger partial charge in [0, 0.05) is 20.0 Å². The van der Waals surface area contributed by atoms with Crippen LogP contribution >= 0.6 is 23.2 Å². The Labute approximate surface area is 108 Å². The molecule has 0 bridgehead atoms. The molecular formula is C11H22Cl2N2O. The highest BCUT2D eigenvalue weighted by Crippen LogP contribution is 2.04. The van der Waals surface area contributed by atoms with Crippen LogP contribution < -0.4 is 5.32 Å². The predicted octanol–water partition coefficient (Wildman–Crippen LogP) is 2.42. The minimum Gasteiger partial charge on any atom is -0.346 e. The van der Waals surface area contributed by atoms with Gasteiger partial charge in [0.1, 0.15) is 0 Å². The number of carbonyl (C=O) groups excluding carboxylic acids is 1. The zero-order valence-corrected chi connectivity index (χ0v) is 11.5. The second-order valence-corrected chi connectivity index (χ2v) is 4.64. The van der Waals surface area contributed by atoms with Gasteiger partial charge in [0.25, 0.3) is 0 Å². The van der Waals surface area contributed by atoms with Crippen LogP contribution in [0.15, 0.2) is 0 Å². The second kappa shape index (κ2) is 11.5. The first-order valence-corrected chi connectivity index (χ1v) is 6.86. The Hall–Kier alpha value is 0.01000. The average molecular weight is 269 g/mol. The van der Waals surface area contributed by atoms with E-state index in [9.17, 15) is 4.79 Å². The van der Waals surface area contributed by atoms with E-state index in [1.165, 1.54) is 32.4 Å². The molecule has 0 unspecified atom stereocenters. The number of amides is 1. The third kappa shape index (κ3) is 9.25. The van der Waals surface area contributed by atoms with Crippen LogP contribution in [0.5, 0.6) is 0 Å². The fourth-order valence-electron chi connectivity index (χ4n) is 1.58. The Morgan fingerprint density at radius 3 is 1.88 bits per heavy atom. The molecule has 2 heterocycles. The summed E-state index contributed by atoms with van der Waals surface area (Å²) in [5.41, 5.74) is 0. The minimum atomic E-state index is 0.194. The van der Waals surface area contributed by atoms with Crippen molar-refractivity contribution in [1.82, 2.24) is 10.2 Å². The molecule has 0 aromatic carbocycles. The van der Waals surface area contributed by atoms with Crippen LogP contribution in [0.4, 0.5) is 0 Å². The van der Waals surface area contributed by atoms with Gasteiger partial charge in [-0.15, -0.1) is 23.2 Å². The molecule has 96 valence electrons. The molecule has 2 saturated heterocycles. The van der Waals surface area contributed by atoms with Gasteiger partial charge in [0.15, 0.2) is 0 Å². The van der Waals surface area contributed by atoms with Gasteiger partial charge < -0.3 is 10.2 Å². The first-order chi connectivity index (χ1) is 7.72. The number of carbonyl (C=O) groups is 1. The van der Waals surface area contributed by atoms with Crippen molar-refractivity contribution in [1.29, 1.82) is 0 Å². The average Bonchev–Trinajstić information content (AvgIpc) is 2.68. The van der Waals surface area contributed by atoms with Gasteiger partial charge in [0.2, 0.25) is 5.91 Å². The maximum absolute atomic E-state index is 10.5. The summed E-state index contributed by atoms with van der Waals surface area (Å²) < 4.78 is 0.